The second kappa shape index (κ2) is 13.6. The van der Waals surface area contributed by atoms with Gasteiger partial charge >= 0.3 is 6.18 Å². The summed E-state index contributed by atoms with van der Waals surface area (Å²) in [7, 11) is 0. The van der Waals surface area contributed by atoms with Crippen molar-refractivity contribution in [1.82, 2.24) is 34.1 Å². The van der Waals surface area contributed by atoms with Crippen LogP contribution < -0.4 is 5.32 Å². The first-order valence-corrected chi connectivity index (χ1v) is 16.2. The van der Waals surface area contributed by atoms with Crippen LogP contribution in [0.1, 0.15) is 47.8 Å². The second-order valence-corrected chi connectivity index (χ2v) is 12.8. The van der Waals surface area contributed by atoms with E-state index in [0.29, 0.717) is 24.4 Å². The van der Waals surface area contributed by atoms with Gasteiger partial charge in [0.05, 0.1) is 12.2 Å². The minimum Gasteiger partial charge on any atom is -0.367 e. The summed E-state index contributed by atoms with van der Waals surface area (Å²) >= 11 is 0. The van der Waals surface area contributed by atoms with Gasteiger partial charge in [-0.1, -0.05) is 6.07 Å². The molecule has 246 valence electrons. The maximum absolute atomic E-state index is 12.9. The number of carbonyl (C=O) groups is 1. The van der Waals surface area contributed by atoms with Crippen LogP contribution in [-0.4, -0.2) is 111 Å². The predicted molar refractivity (Wildman–Crippen MR) is 169 cm³/mol. The van der Waals surface area contributed by atoms with E-state index in [1.54, 1.807) is 6.92 Å². The van der Waals surface area contributed by atoms with E-state index >= 15 is 0 Å². The number of aryl methyl sites for hydroxylation is 1. The fraction of sp³-hybridized carbons (Fsp3) is 0.576. The predicted octanol–water partition coefficient (Wildman–Crippen LogP) is 3.77. The quantitative estimate of drug-likeness (QED) is 0.399. The molecule has 1 N–H and O–H groups in total. The number of amides is 1. The van der Waals surface area contributed by atoms with Crippen molar-refractivity contribution in [2.75, 3.05) is 64.2 Å². The highest BCUT2D eigenvalue weighted by molar-refractivity contribution is 5.86. The van der Waals surface area contributed by atoms with Crippen LogP contribution in [0.3, 0.4) is 0 Å². The lowest BCUT2D eigenvalue weighted by molar-refractivity contribution is -0.147. The highest BCUT2D eigenvalue weighted by Crippen LogP contribution is 2.29. The molecule has 46 heavy (non-hydrogen) atoms. The summed E-state index contributed by atoms with van der Waals surface area (Å²) in [6.07, 6.45) is -0.383. The Hall–Kier alpha value is -3.73. The molecule has 3 aromatic rings. The van der Waals surface area contributed by atoms with Gasteiger partial charge in [0.15, 0.2) is 0 Å². The first-order chi connectivity index (χ1) is 22.1. The van der Waals surface area contributed by atoms with Gasteiger partial charge in [0.2, 0.25) is 5.91 Å². The third-order valence-corrected chi connectivity index (χ3v) is 9.85. The number of anilines is 1. The number of aromatic nitrogens is 3. The fourth-order valence-corrected chi connectivity index (χ4v) is 7.15. The Morgan fingerprint density at radius 2 is 1.78 bits per heavy atom. The molecule has 0 spiro atoms. The molecule has 0 saturated carbocycles. The summed E-state index contributed by atoms with van der Waals surface area (Å²) in [6, 6.07) is 8.99. The molecule has 1 amide bonds. The number of halogens is 3. The number of piperidine rings is 1. The number of likely N-dealkylation sites (tertiary alicyclic amines) is 1. The number of rotatable bonds is 8. The molecule has 0 atom stereocenters. The van der Waals surface area contributed by atoms with Crippen LogP contribution >= 0.6 is 0 Å². The van der Waals surface area contributed by atoms with Crippen molar-refractivity contribution in [2.45, 2.75) is 65.0 Å². The molecular weight excluding hydrogens is 595 g/mol. The molecule has 3 aliphatic rings. The fourth-order valence-electron chi connectivity index (χ4n) is 7.15. The molecule has 1 aromatic carbocycles. The van der Waals surface area contributed by atoms with Crippen LogP contribution in [0, 0.1) is 18.3 Å². The second-order valence-electron chi connectivity index (χ2n) is 12.8. The lowest BCUT2D eigenvalue weighted by atomic mass is 10.00. The number of nitrogens with zero attached hydrogens (tertiary/aromatic N) is 8. The van der Waals surface area contributed by atoms with Gasteiger partial charge in [-0.25, -0.2) is 9.97 Å². The average molecular weight is 638 g/mol. The van der Waals surface area contributed by atoms with Crippen LogP contribution in [0.25, 0.3) is 10.9 Å². The summed E-state index contributed by atoms with van der Waals surface area (Å²) < 4.78 is 40.8. The number of carbonyl (C=O) groups excluding carboxylic acids is 1. The van der Waals surface area contributed by atoms with Crippen LogP contribution in [0.4, 0.5) is 19.0 Å². The molecule has 0 radical (unpaired) electrons. The highest BCUT2D eigenvalue weighted by atomic mass is 19.4. The molecule has 5 heterocycles. The number of benzene rings is 1. The summed E-state index contributed by atoms with van der Waals surface area (Å²) in [5.41, 5.74) is 5.83. The third kappa shape index (κ3) is 7.29. The van der Waals surface area contributed by atoms with Gasteiger partial charge < -0.3 is 14.8 Å². The largest absolute Gasteiger partial charge is 0.401 e. The van der Waals surface area contributed by atoms with E-state index in [2.05, 4.69) is 54.8 Å². The number of nitrogens with one attached hydrogen (secondary N) is 1. The van der Waals surface area contributed by atoms with Crippen molar-refractivity contribution in [2.24, 2.45) is 0 Å². The van der Waals surface area contributed by atoms with Crippen LogP contribution in [-0.2, 0) is 30.8 Å². The Morgan fingerprint density at radius 3 is 2.48 bits per heavy atom. The number of hydrogen-bond donors (Lipinski definition) is 1. The van der Waals surface area contributed by atoms with E-state index in [1.807, 2.05) is 11.0 Å². The SMILES string of the molecule is CC(=O)N1CCN(CCn2c(C#N)cc3c(C)c(CN4CCC(Nc5ncnc6c5CCN(CC(F)(F)F)C6)CC4)ccc32)CC1. The van der Waals surface area contributed by atoms with Gasteiger partial charge in [0, 0.05) is 101 Å². The monoisotopic (exact) mass is 637 g/mol. The third-order valence-electron chi connectivity index (χ3n) is 9.85. The summed E-state index contributed by atoms with van der Waals surface area (Å²) in [5, 5.41) is 14.6. The van der Waals surface area contributed by atoms with Crippen molar-refractivity contribution in [3.8, 4) is 6.07 Å². The van der Waals surface area contributed by atoms with E-state index in [9.17, 15) is 23.2 Å². The van der Waals surface area contributed by atoms with Gasteiger partial charge in [-0.2, -0.15) is 18.4 Å². The average Bonchev–Trinajstić information content (AvgIpc) is 3.40. The standard InChI is InChI=1S/C33H42F3N9O/c1-23-25(3-4-31-29(23)17-27(18-37)45(31)16-13-41-11-14-44(15-12-41)24(2)46)19-42-8-5-26(6-9-42)40-32-28-7-10-43(21-33(34,35)36)20-30(28)38-22-39-32/h3-4,17,22,26H,5-16,19-21H2,1-2H3,(H,38,39,40). The lowest BCUT2D eigenvalue weighted by Gasteiger charge is -2.34. The molecule has 13 heteroatoms. The van der Waals surface area contributed by atoms with E-state index in [1.165, 1.54) is 22.4 Å². The Kier molecular flexibility index (Phi) is 9.49. The van der Waals surface area contributed by atoms with Gasteiger partial charge in [0.25, 0.3) is 0 Å². The number of hydrogen-bond acceptors (Lipinski definition) is 8. The zero-order chi connectivity index (χ0) is 32.4. The minimum atomic E-state index is -4.22. The molecule has 3 aliphatic heterocycles. The van der Waals surface area contributed by atoms with Crippen molar-refractivity contribution in [1.29, 1.82) is 5.26 Å². The molecule has 2 saturated heterocycles. The Labute approximate surface area is 267 Å². The van der Waals surface area contributed by atoms with Crippen LogP contribution in [0.2, 0.25) is 0 Å². The van der Waals surface area contributed by atoms with Gasteiger partial charge in [0.1, 0.15) is 23.9 Å². The zero-order valence-electron chi connectivity index (χ0n) is 26.6. The maximum Gasteiger partial charge on any atom is 0.401 e. The number of piperazine rings is 1. The first-order valence-electron chi connectivity index (χ1n) is 16.2. The molecule has 6 rings (SSSR count). The zero-order valence-corrected chi connectivity index (χ0v) is 26.6. The highest BCUT2D eigenvalue weighted by Gasteiger charge is 2.33. The Morgan fingerprint density at radius 1 is 1.02 bits per heavy atom. The normalized spacial score (nSPS) is 18.9. The van der Waals surface area contributed by atoms with Crippen molar-refractivity contribution >= 4 is 22.6 Å². The van der Waals surface area contributed by atoms with Crippen molar-refractivity contribution in [3.63, 3.8) is 0 Å². The Bertz CT molecular complexity index is 1600. The van der Waals surface area contributed by atoms with E-state index in [-0.39, 0.29) is 18.5 Å². The lowest BCUT2D eigenvalue weighted by Crippen LogP contribution is -2.48. The number of nitriles is 1. The molecule has 0 unspecified atom stereocenters. The molecular formula is C33H42F3N9O. The smallest absolute Gasteiger partial charge is 0.367 e. The topological polar surface area (TPSA) is 96.6 Å². The first kappa shape index (κ1) is 32.2. The summed E-state index contributed by atoms with van der Waals surface area (Å²) in [4.78, 5) is 28.5. The summed E-state index contributed by atoms with van der Waals surface area (Å²) in [5.74, 6) is 0.882. The van der Waals surface area contributed by atoms with Crippen molar-refractivity contribution < 1.29 is 18.0 Å². The number of alkyl halides is 3. The molecule has 2 aromatic heterocycles. The minimum absolute atomic E-state index is 0.125. The maximum atomic E-state index is 12.9. The Balaban J connectivity index is 1.04. The van der Waals surface area contributed by atoms with Crippen LogP contribution in [0.15, 0.2) is 24.5 Å². The van der Waals surface area contributed by atoms with Gasteiger partial charge in [-0.3, -0.25) is 19.5 Å². The van der Waals surface area contributed by atoms with Crippen molar-refractivity contribution in [3.05, 3.63) is 52.6 Å². The molecule has 10 nitrogen and oxygen atoms in total. The van der Waals surface area contributed by atoms with Crippen LogP contribution in [0.5, 0.6) is 0 Å². The summed E-state index contributed by atoms with van der Waals surface area (Å²) in [6.45, 7) is 10.8. The van der Waals surface area contributed by atoms with E-state index in [0.717, 1.165) is 94.0 Å². The van der Waals surface area contributed by atoms with Gasteiger partial charge in [-0.05, 0) is 49.4 Å². The number of fused-ring (bicyclic) bond motifs is 2. The molecule has 0 bridgehead atoms. The van der Waals surface area contributed by atoms with E-state index in [4.69, 9.17) is 0 Å². The molecule has 0 aliphatic carbocycles. The van der Waals surface area contributed by atoms with Gasteiger partial charge in [-0.15, -0.1) is 0 Å². The molecule has 2 fully saturated rings. The van der Waals surface area contributed by atoms with E-state index < -0.39 is 12.7 Å².